The molecule has 0 saturated heterocycles. The van der Waals surface area contributed by atoms with Crippen molar-refractivity contribution in [1.29, 1.82) is 0 Å². The number of phosphoric ester groups is 1. The second-order valence-electron chi connectivity index (χ2n) is 7.32. The molecule has 13 heteroatoms. The van der Waals surface area contributed by atoms with Gasteiger partial charge in [-0.25, -0.2) is 4.79 Å². The van der Waals surface area contributed by atoms with Gasteiger partial charge >= 0.3 is 71.1 Å². The third-order valence-electron chi connectivity index (χ3n) is 3.95. The van der Waals surface area contributed by atoms with Crippen molar-refractivity contribution in [3.63, 3.8) is 0 Å². The molecule has 1 atom stereocenters. The number of esters is 2. The third-order valence-corrected chi connectivity index (χ3v) is 4.42. The molecule has 0 heterocycles. The molecule has 9 nitrogen and oxygen atoms in total. The van der Waals surface area contributed by atoms with E-state index in [1.165, 1.54) is 32.6 Å². The van der Waals surface area contributed by atoms with Crippen LogP contribution in [0.4, 0.5) is 0 Å². The number of phosphoric acid groups is 1. The van der Waals surface area contributed by atoms with Gasteiger partial charge in [-0.3, -0.25) is 9.59 Å². The summed E-state index contributed by atoms with van der Waals surface area (Å²) in [5.74, 6) is 17.2. The number of hydrogen-bond donors (Lipinski definition) is 1. The van der Waals surface area contributed by atoms with Crippen molar-refractivity contribution in [1.82, 2.24) is 0 Å². The van der Waals surface area contributed by atoms with Crippen LogP contribution in [-0.2, 0) is 32.9 Å². The van der Waals surface area contributed by atoms with E-state index in [1.54, 1.807) is 6.92 Å². The molecule has 0 aliphatic rings. The quantitative estimate of drug-likeness (QED) is 0.0425. The van der Waals surface area contributed by atoms with E-state index >= 15 is 0 Å². The van der Waals surface area contributed by atoms with Crippen LogP contribution in [0.3, 0.4) is 0 Å². The summed E-state index contributed by atoms with van der Waals surface area (Å²) in [5.41, 5.74) is 0. The van der Waals surface area contributed by atoms with Crippen molar-refractivity contribution in [3.8, 4) is 47.4 Å². The van der Waals surface area contributed by atoms with Gasteiger partial charge in [-0.1, -0.05) is 57.8 Å². The maximum atomic E-state index is 12.0. The van der Waals surface area contributed by atoms with Crippen molar-refractivity contribution in [2.75, 3.05) is 13.2 Å². The van der Waals surface area contributed by atoms with E-state index in [4.69, 9.17) is 9.47 Å². The molecule has 0 unspecified atom stereocenters. The zero-order valence-corrected chi connectivity index (χ0v) is 29.2. The predicted molar refractivity (Wildman–Crippen MR) is 153 cm³/mol. The Labute approximate surface area is 292 Å². The van der Waals surface area contributed by atoms with Gasteiger partial charge in [0, 0.05) is 29.3 Å². The van der Waals surface area contributed by atoms with E-state index in [1.807, 2.05) is 0 Å². The second kappa shape index (κ2) is 31.8. The summed E-state index contributed by atoms with van der Waals surface area (Å²) < 4.78 is 24.8. The van der Waals surface area contributed by atoms with Crippen LogP contribution < -0.4 is 68.9 Å². The summed E-state index contributed by atoms with van der Waals surface area (Å²) in [6.07, 6.45) is 7.23. The molecule has 218 valence electrons. The van der Waals surface area contributed by atoms with Crippen molar-refractivity contribution in [2.45, 2.75) is 84.7 Å². The number of thiol groups is 1. The summed E-state index contributed by atoms with van der Waals surface area (Å²) in [4.78, 5) is 54.4. The predicted octanol–water partition coefficient (Wildman–Crippen LogP) is -1.96. The van der Waals surface area contributed by atoms with Crippen LogP contribution in [0.1, 0.15) is 88.5 Å². The topological polar surface area (TPSA) is 142 Å². The SMILES string of the molecule is CC#CC#CC#CC#CC(=O)OC[C@H](COP(=O)([O-])[O-])OC(=O)CCCCCCCCCC.CC(=O)S.[HH].[HH].[HH].[HH].[HH].[HH].[HH].[Na+].[Na+]. The van der Waals surface area contributed by atoms with Crippen LogP contribution in [0.15, 0.2) is 0 Å². The summed E-state index contributed by atoms with van der Waals surface area (Å²) in [6.45, 7) is 3.88. The molecule has 0 aromatic carbocycles. The number of unbranched alkanes of at least 4 members (excludes halogenated alkanes) is 7. The van der Waals surface area contributed by atoms with Crippen LogP contribution in [-0.4, -0.2) is 36.4 Å². The Morgan fingerprint density at radius 3 is 1.87 bits per heavy atom. The van der Waals surface area contributed by atoms with E-state index in [9.17, 15) is 28.7 Å². The van der Waals surface area contributed by atoms with Gasteiger partial charge < -0.3 is 28.3 Å². The average molecular weight is 613 g/mol. The Hall–Kier alpha value is -0.690. The van der Waals surface area contributed by atoms with Gasteiger partial charge in [0.2, 0.25) is 0 Å². The number of ether oxygens (including phenoxy) is 2. The molecule has 0 saturated carbocycles. The molecule has 0 amide bonds. The molecule has 39 heavy (non-hydrogen) atoms. The molecule has 0 radical (unpaired) electrons. The number of rotatable bonds is 15. The van der Waals surface area contributed by atoms with Gasteiger partial charge in [-0.05, 0) is 48.9 Å². The Balaban J connectivity index is -0.0000000985. The molecule has 0 aromatic heterocycles. The molecule has 0 aliphatic carbocycles. The summed E-state index contributed by atoms with van der Waals surface area (Å²) in [7, 11) is -5.29. The standard InChI is InChI=1S/C24H31O8P.C2H4OS.2Na.7H2/c1-3-5-7-9-11-13-15-17-19-24(26)32-22(21-31-33(27,28)29)20-30-23(25)18-16-14-12-10-8-6-4-2;1-2(3)4;;;;;;;;;/h22H,3,5,7,9,11,13,15,17,19-21H2,1-2H3,(H2,27,28,29);1H3,(H,3,4);;;7*1H/q;;2*+1;;;;;;;/p-2/t22-;;;;;;;;;;/m1........../s1. The minimum absolute atomic E-state index is 0. The normalized spacial score (nSPS) is 9.59. The summed E-state index contributed by atoms with van der Waals surface area (Å²) in [5, 5.41) is -0.139. The molecule has 0 N–H and O–H groups in total. The van der Waals surface area contributed by atoms with E-state index in [2.05, 4.69) is 71.4 Å². The van der Waals surface area contributed by atoms with Gasteiger partial charge in [0.15, 0.2) is 11.2 Å². The molecular weight excluding hydrogens is 565 g/mol. The first kappa shape index (κ1) is 45.3. The number of carbonyl (C=O) groups is 3. The Morgan fingerprint density at radius 1 is 0.872 bits per heavy atom. The number of carbonyl (C=O) groups excluding carboxylic acids is 3. The fourth-order valence-electron chi connectivity index (χ4n) is 2.41. The first-order valence-corrected chi connectivity index (χ1v) is 13.6. The van der Waals surface area contributed by atoms with Crippen LogP contribution in [0.2, 0.25) is 0 Å². The van der Waals surface area contributed by atoms with E-state index in [0.29, 0.717) is 6.42 Å². The third kappa shape index (κ3) is 41.9. The Kier molecular flexibility index (Phi) is 37.0. The molecule has 0 aliphatic heterocycles. The first-order valence-electron chi connectivity index (χ1n) is 11.7. The zero-order valence-electron chi connectivity index (χ0n) is 23.4. The van der Waals surface area contributed by atoms with Crippen LogP contribution in [0, 0.1) is 47.4 Å². The van der Waals surface area contributed by atoms with Crippen LogP contribution in [0.25, 0.3) is 0 Å². The fourth-order valence-corrected chi connectivity index (χ4v) is 2.76. The van der Waals surface area contributed by atoms with E-state index < -0.39 is 39.1 Å². The van der Waals surface area contributed by atoms with E-state index in [-0.39, 0.29) is 80.6 Å². The van der Waals surface area contributed by atoms with Gasteiger partial charge in [0.25, 0.3) is 0 Å². The van der Waals surface area contributed by atoms with Gasteiger partial charge in [-0.15, -0.1) is 12.6 Å². The van der Waals surface area contributed by atoms with Crippen LogP contribution in [0.5, 0.6) is 0 Å². The van der Waals surface area contributed by atoms with Gasteiger partial charge in [0.1, 0.15) is 6.61 Å². The Bertz CT molecular complexity index is 1020. The largest absolute Gasteiger partial charge is 1.00 e. The monoisotopic (exact) mass is 612 g/mol. The van der Waals surface area contributed by atoms with E-state index in [0.717, 1.165) is 19.3 Å². The summed E-state index contributed by atoms with van der Waals surface area (Å²) in [6, 6.07) is 0. The second-order valence-corrected chi connectivity index (χ2v) is 9.10. The van der Waals surface area contributed by atoms with Gasteiger partial charge in [-0.2, -0.15) is 0 Å². The molecule has 0 bridgehead atoms. The Morgan fingerprint density at radius 2 is 1.36 bits per heavy atom. The number of hydrogen-bond acceptors (Lipinski definition) is 9. The molecular formula is C26H47Na2O9PS. The minimum Gasteiger partial charge on any atom is -0.790 e. The smallest absolute Gasteiger partial charge is 0.790 e. The molecule has 0 rings (SSSR count). The first-order chi connectivity index (χ1) is 17.5. The zero-order chi connectivity index (χ0) is 28.4. The summed E-state index contributed by atoms with van der Waals surface area (Å²) >= 11 is 3.33. The van der Waals surface area contributed by atoms with Crippen LogP contribution >= 0.6 is 20.5 Å². The van der Waals surface area contributed by atoms with Gasteiger partial charge in [0.05, 0.1) is 14.4 Å². The molecule has 0 fully saturated rings. The van der Waals surface area contributed by atoms with Crippen molar-refractivity contribution >= 4 is 37.5 Å². The maximum absolute atomic E-state index is 12.0. The fraction of sp³-hybridized carbons (Fsp3) is 0.577. The molecule has 0 spiro atoms. The minimum atomic E-state index is -5.29. The average Bonchev–Trinajstić information content (AvgIpc) is 2.81. The van der Waals surface area contributed by atoms with Crippen molar-refractivity contribution in [2.24, 2.45) is 0 Å². The van der Waals surface area contributed by atoms with Crippen molar-refractivity contribution < 1.29 is 112 Å². The maximum Gasteiger partial charge on any atom is 1.00 e. The van der Waals surface area contributed by atoms with Crippen molar-refractivity contribution in [3.05, 3.63) is 0 Å². The molecule has 0 aromatic rings.